The van der Waals surface area contributed by atoms with Crippen LogP contribution in [0.4, 0.5) is 13.2 Å². The van der Waals surface area contributed by atoms with Gasteiger partial charge in [-0.2, -0.15) is 13.2 Å². The molecule has 16 heavy (non-hydrogen) atoms. The van der Waals surface area contributed by atoms with E-state index in [0.29, 0.717) is 19.1 Å². The third kappa shape index (κ3) is 2.55. The molecule has 1 heterocycles. The number of alkyl halides is 3. The first-order chi connectivity index (χ1) is 7.57. The summed E-state index contributed by atoms with van der Waals surface area (Å²) in [6.07, 6.45) is -2.45. The fourth-order valence-corrected chi connectivity index (χ4v) is 1.98. The Kier molecular flexibility index (Phi) is 3.19. The van der Waals surface area contributed by atoms with Gasteiger partial charge >= 0.3 is 6.18 Å². The van der Waals surface area contributed by atoms with E-state index in [0.717, 1.165) is 30.5 Å². The Hall–Kier alpha value is -1.03. The maximum Gasteiger partial charge on any atom is 0.416 e. The molecule has 1 aliphatic rings. The summed E-state index contributed by atoms with van der Waals surface area (Å²) in [4.78, 5) is 0. The van der Waals surface area contributed by atoms with E-state index in [9.17, 15) is 13.2 Å². The molecule has 0 bridgehead atoms. The van der Waals surface area contributed by atoms with Crippen molar-refractivity contribution in [3.63, 3.8) is 0 Å². The topological polar surface area (TPSA) is 9.23 Å². The van der Waals surface area contributed by atoms with Crippen molar-refractivity contribution in [1.29, 1.82) is 0 Å². The van der Waals surface area contributed by atoms with E-state index >= 15 is 0 Å². The highest BCUT2D eigenvalue weighted by Crippen LogP contribution is 2.32. The van der Waals surface area contributed by atoms with Crippen molar-refractivity contribution in [3.8, 4) is 0 Å². The monoisotopic (exact) mass is 230 g/mol. The second kappa shape index (κ2) is 4.45. The van der Waals surface area contributed by atoms with Crippen LogP contribution in [0.1, 0.15) is 29.9 Å². The highest BCUT2D eigenvalue weighted by atomic mass is 19.4. The second-order valence-electron chi connectivity index (χ2n) is 4.01. The minimum Gasteiger partial charge on any atom is -0.381 e. The Morgan fingerprint density at radius 3 is 2.06 bits per heavy atom. The average molecular weight is 230 g/mol. The highest BCUT2D eigenvalue weighted by molar-refractivity contribution is 5.27. The van der Waals surface area contributed by atoms with Crippen molar-refractivity contribution in [3.05, 3.63) is 35.4 Å². The molecular formula is C12H13F3O. The Balaban J connectivity index is 2.12. The molecule has 0 aliphatic carbocycles. The Morgan fingerprint density at radius 1 is 1.00 bits per heavy atom. The molecule has 4 heteroatoms. The van der Waals surface area contributed by atoms with Gasteiger partial charge in [-0.15, -0.1) is 0 Å². The van der Waals surface area contributed by atoms with Crippen LogP contribution >= 0.6 is 0 Å². The highest BCUT2D eigenvalue weighted by Gasteiger charge is 2.30. The molecule has 0 aromatic heterocycles. The lowest BCUT2D eigenvalue weighted by molar-refractivity contribution is -0.137. The van der Waals surface area contributed by atoms with Crippen LogP contribution in [0.25, 0.3) is 0 Å². The Labute approximate surface area is 92.2 Å². The van der Waals surface area contributed by atoms with Gasteiger partial charge < -0.3 is 4.74 Å². The minimum absolute atomic E-state index is 0.344. The van der Waals surface area contributed by atoms with E-state index < -0.39 is 11.7 Å². The summed E-state index contributed by atoms with van der Waals surface area (Å²) >= 11 is 0. The smallest absolute Gasteiger partial charge is 0.381 e. The summed E-state index contributed by atoms with van der Waals surface area (Å²) in [6.45, 7) is 1.40. The average Bonchev–Trinajstić information content (AvgIpc) is 2.29. The zero-order valence-electron chi connectivity index (χ0n) is 8.76. The standard InChI is InChI=1S/C12H13F3O/c13-12(14,15)11-3-1-9(2-4-11)10-5-7-16-8-6-10/h1-4,10H,5-8H2. The lowest BCUT2D eigenvalue weighted by atomic mass is 9.91. The number of hydrogen-bond donors (Lipinski definition) is 0. The molecule has 1 saturated heterocycles. The third-order valence-corrected chi connectivity index (χ3v) is 2.93. The van der Waals surface area contributed by atoms with Gasteiger partial charge in [-0.25, -0.2) is 0 Å². The van der Waals surface area contributed by atoms with Gasteiger partial charge in [0, 0.05) is 13.2 Å². The zero-order valence-corrected chi connectivity index (χ0v) is 8.76. The fraction of sp³-hybridized carbons (Fsp3) is 0.500. The predicted molar refractivity (Wildman–Crippen MR) is 54.2 cm³/mol. The van der Waals surface area contributed by atoms with Gasteiger partial charge in [0.25, 0.3) is 0 Å². The van der Waals surface area contributed by atoms with Crippen LogP contribution < -0.4 is 0 Å². The van der Waals surface area contributed by atoms with Gasteiger partial charge in [0.1, 0.15) is 0 Å². The van der Waals surface area contributed by atoms with Crippen LogP contribution in [0.5, 0.6) is 0 Å². The summed E-state index contributed by atoms with van der Waals surface area (Å²) in [5.41, 5.74) is 0.402. The van der Waals surface area contributed by atoms with Crippen LogP contribution in [0, 0.1) is 0 Å². The van der Waals surface area contributed by atoms with Gasteiger partial charge in [-0.3, -0.25) is 0 Å². The molecule has 0 N–H and O–H groups in total. The predicted octanol–water partition coefficient (Wildman–Crippen LogP) is 3.60. The first kappa shape index (κ1) is 11.5. The van der Waals surface area contributed by atoms with Crippen molar-refractivity contribution in [2.45, 2.75) is 24.9 Å². The van der Waals surface area contributed by atoms with E-state index in [1.807, 2.05) is 0 Å². The van der Waals surface area contributed by atoms with Crippen molar-refractivity contribution < 1.29 is 17.9 Å². The molecule has 0 spiro atoms. The van der Waals surface area contributed by atoms with Crippen LogP contribution in [0.15, 0.2) is 24.3 Å². The fourth-order valence-electron chi connectivity index (χ4n) is 1.98. The van der Waals surface area contributed by atoms with Crippen molar-refractivity contribution in [1.82, 2.24) is 0 Å². The quantitative estimate of drug-likeness (QED) is 0.716. The zero-order chi connectivity index (χ0) is 11.6. The molecular weight excluding hydrogens is 217 g/mol. The number of halogens is 3. The summed E-state index contributed by atoms with van der Waals surface area (Å²) < 4.78 is 42.2. The lowest BCUT2D eigenvalue weighted by Gasteiger charge is -2.22. The maximum atomic E-state index is 12.3. The number of ether oxygens (including phenoxy) is 1. The van der Waals surface area contributed by atoms with E-state index in [4.69, 9.17) is 4.74 Å². The van der Waals surface area contributed by atoms with E-state index in [2.05, 4.69) is 0 Å². The summed E-state index contributed by atoms with van der Waals surface area (Å²) in [7, 11) is 0. The number of benzene rings is 1. The first-order valence-electron chi connectivity index (χ1n) is 5.32. The van der Waals surface area contributed by atoms with Gasteiger partial charge in [-0.1, -0.05) is 12.1 Å². The van der Waals surface area contributed by atoms with E-state index in [-0.39, 0.29) is 0 Å². The van der Waals surface area contributed by atoms with Crippen LogP contribution in [0.3, 0.4) is 0 Å². The van der Waals surface area contributed by atoms with Gasteiger partial charge in [0.2, 0.25) is 0 Å². The van der Waals surface area contributed by atoms with Crippen molar-refractivity contribution in [2.75, 3.05) is 13.2 Å². The lowest BCUT2D eigenvalue weighted by Crippen LogP contribution is -2.14. The Morgan fingerprint density at radius 2 is 1.56 bits per heavy atom. The largest absolute Gasteiger partial charge is 0.416 e. The Bertz CT molecular complexity index is 336. The SMILES string of the molecule is FC(F)(F)c1ccc(C2CCOCC2)cc1. The molecule has 0 unspecified atom stereocenters. The molecule has 1 aliphatic heterocycles. The van der Waals surface area contributed by atoms with Gasteiger partial charge in [0.15, 0.2) is 0 Å². The normalized spacial score (nSPS) is 18.7. The summed E-state index contributed by atoms with van der Waals surface area (Å²) in [5, 5.41) is 0. The van der Waals surface area contributed by atoms with Crippen molar-refractivity contribution >= 4 is 0 Å². The molecule has 1 fully saturated rings. The molecule has 0 saturated carbocycles. The van der Waals surface area contributed by atoms with Crippen LogP contribution in [-0.4, -0.2) is 13.2 Å². The number of hydrogen-bond acceptors (Lipinski definition) is 1. The van der Waals surface area contributed by atoms with E-state index in [1.165, 1.54) is 0 Å². The van der Waals surface area contributed by atoms with Gasteiger partial charge in [-0.05, 0) is 36.5 Å². The first-order valence-corrected chi connectivity index (χ1v) is 5.32. The van der Waals surface area contributed by atoms with E-state index in [1.54, 1.807) is 12.1 Å². The molecule has 1 aromatic rings. The number of rotatable bonds is 1. The molecule has 0 radical (unpaired) electrons. The summed E-state index contributed by atoms with van der Waals surface area (Å²) in [6, 6.07) is 5.48. The second-order valence-corrected chi connectivity index (χ2v) is 4.01. The molecule has 0 amide bonds. The van der Waals surface area contributed by atoms with Crippen LogP contribution in [-0.2, 0) is 10.9 Å². The maximum absolute atomic E-state index is 12.3. The summed E-state index contributed by atoms with van der Waals surface area (Å²) in [5.74, 6) is 0.344. The molecule has 88 valence electrons. The molecule has 1 nitrogen and oxygen atoms in total. The third-order valence-electron chi connectivity index (χ3n) is 2.93. The van der Waals surface area contributed by atoms with Crippen LogP contribution in [0.2, 0.25) is 0 Å². The molecule has 1 aromatic carbocycles. The molecule has 2 rings (SSSR count). The molecule has 0 atom stereocenters. The van der Waals surface area contributed by atoms with Gasteiger partial charge in [0.05, 0.1) is 5.56 Å². The minimum atomic E-state index is -4.24. The van der Waals surface area contributed by atoms with Crippen molar-refractivity contribution in [2.24, 2.45) is 0 Å².